The molecule has 20 heavy (non-hydrogen) atoms. The molecule has 0 unspecified atom stereocenters. The van der Waals surface area contributed by atoms with E-state index >= 15 is 0 Å². The molecule has 0 N–H and O–H groups in total. The molecule has 3 rings (SSSR count). The molecular weight excluding hydrogens is 272 g/mol. The SMILES string of the molecule is CCN1CCC2(CC1)CN(S(C)(=O)=O)c1ccccc12. The van der Waals surface area contributed by atoms with E-state index in [-0.39, 0.29) is 5.41 Å². The summed E-state index contributed by atoms with van der Waals surface area (Å²) in [6.07, 6.45) is 3.40. The molecule has 2 aliphatic heterocycles. The Balaban J connectivity index is 2.00. The van der Waals surface area contributed by atoms with Crippen LogP contribution in [0.4, 0.5) is 5.69 Å². The number of likely N-dealkylation sites (tertiary alicyclic amines) is 1. The van der Waals surface area contributed by atoms with E-state index in [9.17, 15) is 8.42 Å². The van der Waals surface area contributed by atoms with Crippen LogP contribution in [0.2, 0.25) is 0 Å². The van der Waals surface area contributed by atoms with Crippen LogP contribution in [0.1, 0.15) is 25.3 Å². The van der Waals surface area contributed by atoms with Gasteiger partial charge in [-0.3, -0.25) is 4.31 Å². The van der Waals surface area contributed by atoms with Crippen molar-refractivity contribution in [2.75, 3.05) is 36.7 Å². The van der Waals surface area contributed by atoms with Gasteiger partial charge in [0.05, 0.1) is 11.9 Å². The van der Waals surface area contributed by atoms with E-state index in [0.717, 1.165) is 38.2 Å². The summed E-state index contributed by atoms with van der Waals surface area (Å²) in [5, 5.41) is 0. The molecule has 5 heteroatoms. The predicted octanol–water partition coefficient (Wildman–Crippen LogP) is 1.82. The fraction of sp³-hybridized carbons (Fsp3) is 0.600. The summed E-state index contributed by atoms with van der Waals surface area (Å²) in [5.74, 6) is 0. The van der Waals surface area contributed by atoms with Crippen molar-refractivity contribution in [3.63, 3.8) is 0 Å². The van der Waals surface area contributed by atoms with E-state index in [1.54, 1.807) is 4.31 Å². The van der Waals surface area contributed by atoms with Gasteiger partial charge in [-0.05, 0) is 44.1 Å². The second-order valence-corrected chi connectivity index (χ2v) is 7.91. The first kappa shape index (κ1) is 13.9. The maximum Gasteiger partial charge on any atom is 0.232 e. The molecule has 1 fully saturated rings. The van der Waals surface area contributed by atoms with Gasteiger partial charge in [-0.25, -0.2) is 8.42 Å². The molecule has 1 aromatic carbocycles. The molecule has 0 amide bonds. The Labute approximate surface area is 121 Å². The van der Waals surface area contributed by atoms with Gasteiger partial charge in [-0.2, -0.15) is 0 Å². The molecule has 110 valence electrons. The molecule has 0 aromatic heterocycles. The maximum atomic E-state index is 12.1. The van der Waals surface area contributed by atoms with Crippen molar-refractivity contribution >= 4 is 15.7 Å². The number of hydrogen-bond acceptors (Lipinski definition) is 3. The second kappa shape index (κ2) is 4.74. The van der Waals surface area contributed by atoms with Crippen LogP contribution < -0.4 is 4.31 Å². The zero-order valence-electron chi connectivity index (χ0n) is 12.2. The molecule has 2 heterocycles. The van der Waals surface area contributed by atoms with E-state index in [0.29, 0.717) is 6.54 Å². The highest BCUT2D eigenvalue weighted by molar-refractivity contribution is 7.92. The molecule has 0 radical (unpaired) electrons. The van der Waals surface area contributed by atoms with Crippen LogP contribution in [0.25, 0.3) is 0 Å². The smallest absolute Gasteiger partial charge is 0.232 e. The number of para-hydroxylation sites is 1. The summed E-state index contributed by atoms with van der Waals surface area (Å²) in [4.78, 5) is 2.44. The Bertz CT molecular complexity index is 604. The van der Waals surface area contributed by atoms with E-state index in [1.165, 1.54) is 11.8 Å². The fourth-order valence-electron chi connectivity index (χ4n) is 3.61. The van der Waals surface area contributed by atoms with Gasteiger partial charge >= 0.3 is 0 Å². The van der Waals surface area contributed by atoms with E-state index in [1.807, 2.05) is 18.2 Å². The number of anilines is 1. The molecule has 4 nitrogen and oxygen atoms in total. The van der Waals surface area contributed by atoms with Gasteiger partial charge in [0, 0.05) is 12.0 Å². The van der Waals surface area contributed by atoms with E-state index in [2.05, 4.69) is 17.9 Å². The number of rotatable bonds is 2. The van der Waals surface area contributed by atoms with Crippen molar-refractivity contribution in [3.05, 3.63) is 29.8 Å². The summed E-state index contributed by atoms with van der Waals surface area (Å²) in [6, 6.07) is 8.01. The summed E-state index contributed by atoms with van der Waals surface area (Å²) in [7, 11) is -3.19. The number of benzene rings is 1. The fourth-order valence-corrected chi connectivity index (χ4v) is 4.60. The van der Waals surface area contributed by atoms with E-state index in [4.69, 9.17) is 0 Å². The summed E-state index contributed by atoms with van der Waals surface area (Å²) < 4.78 is 25.7. The lowest BCUT2D eigenvalue weighted by atomic mass is 9.74. The average Bonchev–Trinajstić information content (AvgIpc) is 2.75. The van der Waals surface area contributed by atoms with Gasteiger partial charge in [-0.1, -0.05) is 25.1 Å². The number of piperidine rings is 1. The van der Waals surface area contributed by atoms with Crippen LogP contribution in [0.15, 0.2) is 24.3 Å². The van der Waals surface area contributed by atoms with Crippen molar-refractivity contribution in [3.8, 4) is 0 Å². The summed E-state index contributed by atoms with van der Waals surface area (Å²) in [6.45, 7) is 5.99. The van der Waals surface area contributed by atoms with Crippen molar-refractivity contribution < 1.29 is 8.42 Å². The number of sulfonamides is 1. The predicted molar refractivity (Wildman–Crippen MR) is 81.7 cm³/mol. The molecule has 1 saturated heterocycles. The zero-order valence-corrected chi connectivity index (χ0v) is 13.0. The molecular formula is C15H22N2O2S. The van der Waals surface area contributed by atoms with Gasteiger partial charge < -0.3 is 4.90 Å². The highest BCUT2D eigenvalue weighted by Gasteiger charge is 2.46. The maximum absolute atomic E-state index is 12.1. The minimum Gasteiger partial charge on any atom is -0.304 e. The Kier molecular flexibility index (Phi) is 3.29. The molecule has 1 aromatic rings. The average molecular weight is 294 g/mol. The second-order valence-electron chi connectivity index (χ2n) is 6.00. The monoisotopic (exact) mass is 294 g/mol. The first-order chi connectivity index (χ1) is 9.46. The van der Waals surface area contributed by atoms with Gasteiger partial charge in [0.2, 0.25) is 10.0 Å². The Morgan fingerprint density at radius 3 is 2.45 bits per heavy atom. The van der Waals surface area contributed by atoms with Crippen LogP contribution in [0.3, 0.4) is 0 Å². The lowest BCUT2D eigenvalue weighted by Crippen LogP contribution is -2.45. The molecule has 1 spiro atoms. The quantitative estimate of drug-likeness (QED) is 0.835. The Morgan fingerprint density at radius 1 is 1.20 bits per heavy atom. The molecule has 0 atom stereocenters. The van der Waals surface area contributed by atoms with Gasteiger partial charge in [-0.15, -0.1) is 0 Å². The number of fused-ring (bicyclic) bond motifs is 2. The van der Waals surface area contributed by atoms with Gasteiger partial charge in [0.1, 0.15) is 0 Å². The molecule has 0 bridgehead atoms. The number of nitrogens with zero attached hydrogens (tertiary/aromatic N) is 2. The topological polar surface area (TPSA) is 40.6 Å². The van der Waals surface area contributed by atoms with Crippen LogP contribution in [-0.2, 0) is 15.4 Å². The minimum absolute atomic E-state index is 0.0192. The third-order valence-corrected chi connectivity index (χ3v) is 5.98. The molecule has 2 aliphatic rings. The summed E-state index contributed by atoms with van der Waals surface area (Å²) in [5.41, 5.74) is 2.13. The standard InChI is InChI=1S/C15H22N2O2S/c1-3-16-10-8-15(9-11-16)12-17(20(2,18)19)14-7-5-4-6-13(14)15/h4-7H,3,8-12H2,1-2H3. The highest BCUT2D eigenvalue weighted by Crippen LogP contribution is 2.47. The van der Waals surface area contributed by atoms with Crippen LogP contribution in [0.5, 0.6) is 0 Å². The Morgan fingerprint density at radius 2 is 1.85 bits per heavy atom. The van der Waals surface area contributed by atoms with Gasteiger partial charge in [0.15, 0.2) is 0 Å². The van der Waals surface area contributed by atoms with Crippen molar-refractivity contribution in [2.45, 2.75) is 25.2 Å². The van der Waals surface area contributed by atoms with Gasteiger partial charge in [0.25, 0.3) is 0 Å². The molecule has 0 saturated carbocycles. The first-order valence-corrected chi connectivity index (χ1v) is 9.11. The third kappa shape index (κ3) is 2.13. The zero-order chi connectivity index (χ0) is 14.4. The van der Waals surface area contributed by atoms with E-state index < -0.39 is 10.0 Å². The number of hydrogen-bond donors (Lipinski definition) is 0. The van der Waals surface area contributed by atoms with Crippen molar-refractivity contribution in [1.29, 1.82) is 0 Å². The van der Waals surface area contributed by atoms with Crippen LogP contribution in [-0.4, -0.2) is 45.8 Å². The lowest BCUT2D eigenvalue weighted by molar-refractivity contribution is 0.175. The lowest BCUT2D eigenvalue weighted by Gasteiger charge is -2.39. The van der Waals surface area contributed by atoms with Crippen LogP contribution in [0, 0.1) is 0 Å². The van der Waals surface area contributed by atoms with Crippen molar-refractivity contribution in [1.82, 2.24) is 4.90 Å². The first-order valence-electron chi connectivity index (χ1n) is 7.26. The largest absolute Gasteiger partial charge is 0.304 e. The highest BCUT2D eigenvalue weighted by atomic mass is 32.2. The van der Waals surface area contributed by atoms with Crippen molar-refractivity contribution in [2.24, 2.45) is 0 Å². The normalized spacial score (nSPS) is 22.2. The third-order valence-electron chi connectivity index (χ3n) is 4.85. The minimum atomic E-state index is -3.19. The summed E-state index contributed by atoms with van der Waals surface area (Å²) >= 11 is 0. The van der Waals surface area contributed by atoms with Crippen LogP contribution >= 0.6 is 0 Å². The molecule has 0 aliphatic carbocycles. The Hall–Kier alpha value is -1.07.